The van der Waals surface area contributed by atoms with E-state index in [1.54, 1.807) is 7.05 Å². The van der Waals surface area contributed by atoms with Gasteiger partial charge in [0.1, 0.15) is 5.82 Å². The van der Waals surface area contributed by atoms with E-state index in [9.17, 15) is 4.39 Å². The molecular formula is C11H15ClFNO2. The van der Waals surface area contributed by atoms with Gasteiger partial charge in [0.2, 0.25) is 0 Å². The topological polar surface area (TPSA) is 30.5 Å². The van der Waals surface area contributed by atoms with Gasteiger partial charge < -0.3 is 14.8 Å². The highest BCUT2D eigenvalue weighted by molar-refractivity contribution is 6.31. The summed E-state index contributed by atoms with van der Waals surface area (Å²) in [6, 6.07) is 1.42. The molecule has 0 aliphatic heterocycles. The van der Waals surface area contributed by atoms with Crippen LogP contribution < -0.4 is 14.8 Å². The summed E-state index contributed by atoms with van der Waals surface area (Å²) in [6.07, 6.45) is 0.489. The van der Waals surface area contributed by atoms with E-state index >= 15 is 0 Å². The van der Waals surface area contributed by atoms with Gasteiger partial charge in [-0.15, -0.1) is 0 Å². The molecule has 0 bridgehead atoms. The minimum atomic E-state index is -0.449. The molecule has 0 radical (unpaired) electrons. The average molecular weight is 248 g/mol. The van der Waals surface area contributed by atoms with E-state index < -0.39 is 5.82 Å². The molecule has 16 heavy (non-hydrogen) atoms. The second-order valence-electron chi connectivity index (χ2n) is 3.24. The number of hydrogen-bond donors (Lipinski definition) is 1. The molecule has 0 spiro atoms. The van der Waals surface area contributed by atoms with Gasteiger partial charge in [-0.2, -0.15) is 0 Å². The van der Waals surface area contributed by atoms with Crippen molar-refractivity contribution in [2.24, 2.45) is 0 Å². The lowest BCUT2D eigenvalue weighted by atomic mass is 10.1. The van der Waals surface area contributed by atoms with Gasteiger partial charge in [0.05, 0.1) is 19.2 Å². The zero-order valence-electron chi connectivity index (χ0n) is 9.56. The maximum absolute atomic E-state index is 13.8. The van der Waals surface area contributed by atoms with Crippen LogP contribution in [0.5, 0.6) is 11.5 Å². The molecule has 0 aromatic heterocycles. The van der Waals surface area contributed by atoms with E-state index in [-0.39, 0.29) is 5.02 Å². The van der Waals surface area contributed by atoms with Gasteiger partial charge in [0.15, 0.2) is 11.5 Å². The van der Waals surface area contributed by atoms with Crippen LogP contribution in [-0.2, 0) is 6.42 Å². The molecule has 90 valence electrons. The van der Waals surface area contributed by atoms with Crippen LogP contribution in [-0.4, -0.2) is 27.8 Å². The molecule has 0 unspecified atom stereocenters. The van der Waals surface area contributed by atoms with Gasteiger partial charge in [-0.3, -0.25) is 0 Å². The largest absolute Gasteiger partial charge is 0.493 e. The maximum Gasteiger partial charge on any atom is 0.166 e. The molecule has 5 heteroatoms. The summed E-state index contributed by atoms with van der Waals surface area (Å²) in [5.74, 6) is 0.397. The second-order valence-corrected chi connectivity index (χ2v) is 3.65. The molecular weight excluding hydrogens is 233 g/mol. The first-order valence-electron chi connectivity index (χ1n) is 4.89. The molecule has 1 aromatic rings. The van der Waals surface area contributed by atoms with E-state index in [2.05, 4.69) is 5.32 Å². The molecule has 0 aliphatic rings. The average Bonchev–Trinajstić information content (AvgIpc) is 2.30. The van der Waals surface area contributed by atoms with E-state index in [0.717, 1.165) is 0 Å². The van der Waals surface area contributed by atoms with Crippen LogP contribution in [0.1, 0.15) is 5.56 Å². The van der Waals surface area contributed by atoms with Gasteiger partial charge in [-0.25, -0.2) is 4.39 Å². The molecule has 0 amide bonds. The van der Waals surface area contributed by atoms with Crippen molar-refractivity contribution in [2.75, 3.05) is 27.8 Å². The fourth-order valence-corrected chi connectivity index (χ4v) is 1.70. The molecule has 0 fully saturated rings. The Kier molecular flexibility index (Phi) is 4.83. The van der Waals surface area contributed by atoms with Gasteiger partial charge in [0, 0.05) is 11.6 Å². The van der Waals surface area contributed by atoms with Crippen molar-refractivity contribution in [3.63, 3.8) is 0 Å². The van der Waals surface area contributed by atoms with Crippen LogP contribution in [0.4, 0.5) is 4.39 Å². The third-order valence-electron chi connectivity index (χ3n) is 2.28. The molecule has 1 aromatic carbocycles. The van der Waals surface area contributed by atoms with Crippen LogP contribution in [0.2, 0.25) is 5.02 Å². The van der Waals surface area contributed by atoms with Gasteiger partial charge in [-0.05, 0) is 20.0 Å². The zero-order valence-corrected chi connectivity index (χ0v) is 10.3. The van der Waals surface area contributed by atoms with Crippen LogP contribution in [0, 0.1) is 5.82 Å². The summed E-state index contributed by atoms with van der Waals surface area (Å²) in [5, 5.41) is 2.99. The summed E-state index contributed by atoms with van der Waals surface area (Å²) >= 11 is 5.77. The minimum Gasteiger partial charge on any atom is -0.493 e. The van der Waals surface area contributed by atoms with Crippen molar-refractivity contribution in [1.29, 1.82) is 0 Å². The lowest BCUT2D eigenvalue weighted by molar-refractivity contribution is 0.348. The maximum atomic E-state index is 13.8. The summed E-state index contributed by atoms with van der Waals surface area (Å²) in [5.41, 5.74) is 0.432. The molecule has 0 saturated heterocycles. The number of rotatable bonds is 5. The van der Waals surface area contributed by atoms with Gasteiger partial charge in [0.25, 0.3) is 0 Å². The van der Waals surface area contributed by atoms with Crippen molar-refractivity contribution in [2.45, 2.75) is 6.42 Å². The third-order valence-corrected chi connectivity index (χ3v) is 2.55. The smallest absolute Gasteiger partial charge is 0.166 e. The Balaban J connectivity index is 3.23. The predicted molar refractivity (Wildman–Crippen MR) is 62.1 cm³/mol. The Hall–Kier alpha value is -1.00. The van der Waals surface area contributed by atoms with Crippen LogP contribution in [0.15, 0.2) is 6.07 Å². The lowest BCUT2D eigenvalue weighted by Gasteiger charge is -2.14. The summed E-state index contributed by atoms with van der Waals surface area (Å²) in [4.78, 5) is 0. The summed E-state index contributed by atoms with van der Waals surface area (Å²) < 4.78 is 24.0. The Morgan fingerprint density at radius 1 is 1.38 bits per heavy atom. The van der Waals surface area contributed by atoms with Crippen LogP contribution in [0.3, 0.4) is 0 Å². The Bertz CT molecular complexity index is 371. The van der Waals surface area contributed by atoms with E-state index in [0.29, 0.717) is 30.0 Å². The first kappa shape index (κ1) is 13.1. The Labute approximate surface area is 99.5 Å². The molecule has 3 nitrogen and oxygen atoms in total. The number of methoxy groups -OCH3 is 2. The fraction of sp³-hybridized carbons (Fsp3) is 0.455. The normalized spacial score (nSPS) is 10.3. The highest BCUT2D eigenvalue weighted by atomic mass is 35.5. The number of likely N-dealkylation sites (N-methyl/N-ethyl adjacent to an activating group) is 1. The van der Waals surface area contributed by atoms with Crippen LogP contribution >= 0.6 is 11.6 Å². The Morgan fingerprint density at radius 3 is 2.56 bits per heavy atom. The second kappa shape index (κ2) is 5.92. The number of hydrogen-bond acceptors (Lipinski definition) is 3. The van der Waals surface area contributed by atoms with Crippen molar-refractivity contribution in [1.82, 2.24) is 5.32 Å². The molecule has 1 N–H and O–H groups in total. The first-order valence-corrected chi connectivity index (χ1v) is 5.27. The van der Waals surface area contributed by atoms with Crippen molar-refractivity contribution >= 4 is 11.6 Å². The van der Waals surface area contributed by atoms with E-state index in [4.69, 9.17) is 21.1 Å². The standard InChI is InChI=1S/C11H15ClFNO2/c1-14-5-4-7-10(13)8(12)6-9(15-2)11(7)16-3/h6,14H,4-5H2,1-3H3. The highest BCUT2D eigenvalue weighted by Gasteiger charge is 2.18. The number of benzene rings is 1. The summed E-state index contributed by atoms with van der Waals surface area (Å²) in [7, 11) is 4.77. The summed E-state index contributed by atoms with van der Waals surface area (Å²) in [6.45, 7) is 0.636. The highest BCUT2D eigenvalue weighted by Crippen LogP contribution is 2.37. The van der Waals surface area contributed by atoms with Crippen molar-refractivity contribution < 1.29 is 13.9 Å². The van der Waals surface area contributed by atoms with E-state index in [1.807, 2.05) is 0 Å². The zero-order chi connectivity index (χ0) is 12.1. The monoisotopic (exact) mass is 247 g/mol. The van der Waals surface area contributed by atoms with Gasteiger partial charge >= 0.3 is 0 Å². The van der Waals surface area contributed by atoms with Crippen LogP contribution in [0.25, 0.3) is 0 Å². The Morgan fingerprint density at radius 2 is 2.06 bits per heavy atom. The minimum absolute atomic E-state index is 0.0451. The molecule has 0 saturated carbocycles. The number of nitrogens with one attached hydrogen (secondary N) is 1. The number of halogens is 2. The molecule has 1 rings (SSSR count). The first-order chi connectivity index (χ1) is 7.65. The SMILES string of the molecule is CNCCc1c(F)c(Cl)cc(OC)c1OC. The van der Waals surface area contributed by atoms with Crippen molar-refractivity contribution in [3.8, 4) is 11.5 Å². The molecule has 0 atom stereocenters. The fourth-order valence-electron chi connectivity index (χ4n) is 1.49. The van der Waals surface area contributed by atoms with E-state index in [1.165, 1.54) is 20.3 Å². The molecule has 0 heterocycles. The quantitative estimate of drug-likeness (QED) is 0.866. The van der Waals surface area contributed by atoms with Crippen molar-refractivity contribution in [3.05, 3.63) is 22.5 Å². The lowest BCUT2D eigenvalue weighted by Crippen LogP contribution is -2.12. The molecule has 0 aliphatic carbocycles. The number of ether oxygens (including phenoxy) is 2. The third kappa shape index (κ3) is 2.57. The van der Waals surface area contributed by atoms with Gasteiger partial charge in [-0.1, -0.05) is 11.6 Å². The predicted octanol–water partition coefficient (Wildman–Crippen LogP) is 2.26.